The summed E-state index contributed by atoms with van der Waals surface area (Å²) in [6.45, 7) is 0. The lowest BCUT2D eigenvalue weighted by atomic mass is 10.00. The van der Waals surface area contributed by atoms with Crippen LogP contribution in [0.15, 0.2) is 142 Å². The van der Waals surface area contributed by atoms with Crippen molar-refractivity contribution in [3.8, 4) is 11.1 Å². The van der Waals surface area contributed by atoms with Gasteiger partial charge in [0.1, 0.15) is 22.3 Å². The summed E-state index contributed by atoms with van der Waals surface area (Å²) in [5, 5.41) is 14.6. The summed E-state index contributed by atoms with van der Waals surface area (Å²) in [6, 6.07) is 48.5. The zero-order valence-electron chi connectivity index (χ0n) is 25.3. The summed E-state index contributed by atoms with van der Waals surface area (Å²) in [6.07, 6.45) is 0. The molecule has 0 radical (unpaired) electrons. The molecule has 0 fully saturated rings. The van der Waals surface area contributed by atoms with Crippen molar-refractivity contribution in [1.29, 1.82) is 0 Å². The Morgan fingerprint density at radius 3 is 1.12 bits per heavy atom. The monoisotopic (exact) mass is 646 g/mol. The quantitative estimate of drug-likeness (QED) is 0.177. The van der Waals surface area contributed by atoms with Crippen molar-refractivity contribution in [1.82, 2.24) is 0 Å². The third-order valence-corrected chi connectivity index (χ3v) is 12.7. The fourth-order valence-electron chi connectivity index (χ4n) is 8.00. The molecule has 0 aliphatic rings. The molecule has 0 aliphatic carbocycles. The number of thiophene rings is 2. The fraction of sp³-hybridized carbons (Fsp3) is 0. The van der Waals surface area contributed by atoms with Gasteiger partial charge in [0.15, 0.2) is 0 Å². The smallest absolute Gasteiger partial charge is 0.143 e. The summed E-state index contributed by atoms with van der Waals surface area (Å²) in [5.74, 6) is 0. The largest absolute Gasteiger partial charge is 0.455 e. The molecule has 0 bridgehead atoms. The summed E-state index contributed by atoms with van der Waals surface area (Å²) in [4.78, 5) is 0. The van der Waals surface area contributed by atoms with Gasteiger partial charge in [-0.25, -0.2) is 0 Å². The highest BCUT2D eigenvalue weighted by molar-refractivity contribution is 7.27. The summed E-state index contributed by atoms with van der Waals surface area (Å²) in [5.41, 5.74) is 5.91. The van der Waals surface area contributed by atoms with Gasteiger partial charge in [-0.2, -0.15) is 0 Å². The van der Waals surface area contributed by atoms with Gasteiger partial charge in [-0.05, 0) is 71.8 Å². The molecule has 0 aliphatic heterocycles. The van der Waals surface area contributed by atoms with Crippen LogP contribution in [-0.4, -0.2) is 0 Å². The first kappa shape index (κ1) is 25.4. The van der Waals surface area contributed by atoms with E-state index in [9.17, 15) is 0 Å². The molecule has 0 atom stereocenters. The zero-order chi connectivity index (χ0) is 31.1. The topological polar surface area (TPSA) is 26.3 Å². The second-order valence-electron chi connectivity index (χ2n) is 12.8. The Morgan fingerprint density at radius 2 is 0.667 bits per heavy atom. The molecule has 0 saturated heterocycles. The molecule has 0 saturated carbocycles. The van der Waals surface area contributed by atoms with Gasteiger partial charge >= 0.3 is 0 Å². The van der Waals surface area contributed by atoms with Crippen LogP contribution in [-0.2, 0) is 0 Å². The van der Waals surface area contributed by atoms with E-state index in [1.165, 1.54) is 51.1 Å². The molecule has 2 nitrogen and oxygen atoms in total. The molecule has 12 rings (SSSR count). The second kappa shape index (κ2) is 9.02. The molecular formula is C44H22O2S2. The van der Waals surface area contributed by atoms with E-state index in [0.717, 1.165) is 65.8 Å². The van der Waals surface area contributed by atoms with E-state index >= 15 is 0 Å². The summed E-state index contributed by atoms with van der Waals surface area (Å²) < 4.78 is 18.6. The van der Waals surface area contributed by atoms with Crippen molar-refractivity contribution in [2.45, 2.75) is 0 Å². The third kappa shape index (κ3) is 3.26. The maximum absolute atomic E-state index is 6.67. The number of hydrogen-bond acceptors (Lipinski definition) is 4. The Labute approximate surface area is 280 Å². The average Bonchev–Trinajstić information content (AvgIpc) is 3.90. The van der Waals surface area contributed by atoms with Crippen LogP contribution < -0.4 is 0 Å². The van der Waals surface area contributed by atoms with Gasteiger partial charge in [0, 0.05) is 83.4 Å². The van der Waals surface area contributed by atoms with Crippen LogP contribution in [0.2, 0.25) is 0 Å². The lowest BCUT2D eigenvalue weighted by Gasteiger charge is -2.02. The van der Waals surface area contributed by atoms with E-state index in [-0.39, 0.29) is 0 Å². The van der Waals surface area contributed by atoms with Crippen molar-refractivity contribution < 1.29 is 8.83 Å². The van der Waals surface area contributed by atoms with Crippen molar-refractivity contribution in [3.05, 3.63) is 133 Å². The maximum atomic E-state index is 6.67. The van der Waals surface area contributed by atoms with Crippen LogP contribution in [0.5, 0.6) is 0 Å². The van der Waals surface area contributed by atoms with E-state index < -0.39 is 0 Å². The molecule has 0 spiro atoms. The van der Waals surface area contributed by atoms with Gasteiger partial charge in [-0.1, -0.05) is 72.8 Å². The molecule has 12 aromatic rings. The van der Waals surface area contributed by atoms with Crippen molar-refractivity contribution in [2.24, 2.45) is 0 Å². The summed E-state index contributed by atoms with van der Waals surface area (Å²) in [7, 11) is 0. The van der Waals surface area contributed by atoms with Crippen LogP contribution in [0.3, 0.4) is 0 Å². The molecule has 8 aromatic carbocycles. The molecule has 48 heavy (non-hydrogen) atoms. The van der Waals surface area contributed by atoms with E-state index in [1.54, 1.807) is 0 Å². The standard InChI is InChI=1S/C44H22O2S2/c1-3-7-39-27(5-1)33-17-15-31-35(43(33)47-39)19-13-29-25-11-9-23(21-37(25)45-41(29)31)24-10-12-26-30-14-20-36-32(42(30)46-38(26)22-24)16-18-34-28-6-2-4-8-40(28)48-44(34)36/h1-22H. The number of hydrogen-bond donors (Lipinski definition) is 0. The Kier molecular flexibility index (Phi) is 4.77. The second-order valence-corrected chi connectivity index (χ2v) is 14.9. The molecule has 4 aromatic heterocycles. The predicted molar refractivity (Wildman–Crippen MR) is 207 cm³/mol. The Hall–Kier alpha value is -5.68. The first-order chi connectivity index (χ1) is 23.8. The zero-order valence-corrected chi connectivity index (χ0v) is 27.0. The minimum absolute atomic E-state index is 0.898. The fourth-order valence-corrected chi connectivity index (χ4v) is 10.5. The maximum Gasteiger partial charge on any atom is 0.143 e. The van der Waals surface area contributed by atoms with Gasteiger partial charge in [0.05, 0.1) is 0 Å². The normalized spacial score (nSPS) is 12.6. The van der Waals surface area contributed by atoms with E-state index in [1.807, 2.05) is 22.7 Å². The number of fused-ring (bicyclic) bond motifs is 18. The molecule has 4 heterocycles. The highest BCUT2D eigenvalue weighted by Gasteiger charge is 2.17. The molecule has 4 heteroatoms. The van der Waals surface area contributed by atoms with Gasteiger partial charge in [0.25, 0.3) is 0 Å². The highest BCUT2D eigenvalue weighted by atomic mass is 32.1. The third-order valence-electron chi connectivity index (χ3n) is 10.3. The van der Waals surface area contributed by atoms with Crippen LogP contribution in [0.25, 0.3) is 117 Å². The number of benzene rings is 8. The van der Waals surface area contributed by atoms with Crippen molar-refractivity contribution in [2.75, 3.05) is 0 Å². The van der Waals surface area contributed by atoms with Crippen LogP contribution in [0.1, 0.15) is 0 Å². The highest BCUT2D eigenvalue weighted by Crippen LogP contribution is 2.44. The van der Waals surface area contributed by atoms with E-state index in [2.05, 4.69) is 133 Å². The Bertz CT molecular complexity index is 3120. The minimum atomic E-state index is 0.898. The van der Waals surface area contributed by atoms with Crippen molar-refractivity contribution >= 4 is 128 Å². The Morgan fingerprint density at radius 1 is 0.312 bits per heavy atom. The first-order valence-corrected chi connectivity index (χ1v) is 17.8. The van der Waals surface area contributed by atoms with Crippen LogP contribution in [0, 0.1) is 0 Å². The summed E-state index contributed by atoms with van der Waals surface area (Å²) >= 11 is 3.72. The molecular weight excluding hydrogens is 625 g/mol. The van der Waals surface area contributed by atoms with Gasteiger partial charge < -0.3 is 8.83 Å². The van der Waals surface area contributed by atoms with Crippen molar-refractivity contribution in [3.63, 3.8) is 0 Å². The molecule has 0 amide bonds. The van der Waals surface area contributed by atoms with E-state index in [4.69, 9.17) is 8.83 Å². The average molecular weight is 647 g/mol. The van der Waals surface area contributed by atoms with Gasteiger partial charge in [0.2, 0.25) is 0 Å². The molecule has 222 valence electrons. The van der Waals surface area contributed by atoms with Gasteiger partial charge in [-0.15, -0.1) is 22.7 Å². The minimum Gasteiger partial charge on any atom is -0.455 e. The van der Waals surface area contributed by atoms with Crippen LogP contribution in [0.4, 0.5) is 0 Å². The molecule has 0 N–H and O–H groups in total. The first-order valence-electron chi connectivity index (χ1n) is 16.2. The lowest BCUT2D eigenvalue weighted by Crippen LogP contribution is -1.78. The molecule has 0 unspecified atom stereocenters. The predicted octanol–water partition coefficient (Wildman–Crippen LogP) is 14.2. The van der Waals surface area contributed by atoms with Gasteiger partial charge in [-0.3, -0.25) is 0 Å². The Balaban J connectivity index is 1.01. The SMILES string of the molecule is c1ccc2c(c1)sc1c2ccc2c1ccc1c3ccc(-c4ccc5c(c4)oc4c5ccc5c4ccc4c6ccccc6sc45)cc3oc12. The lowest BCUT2D eigenvalue weighted by molar-refractivity contribution is 0.672. The number of furan rings is 2. The number of rotatable bonds is 1. The van der Waals surface area contributed by atoms with Crippen LogP contribution >= 0.6 is 22.7 Å². The van der Waals surface area contributed by atoms with E-state index in [0.29, 0.717) is 0 Å².